The molecule has 108 valence electrons. The summed E-state index contributed by atoms with van der Waals surface area (Å²) in [4.78, 5) is 0.396. The second kappa shape index (κ2) is 7.62. The average Bonchev–Trinajstić information content (AvgIpc) is 2.38. The van der Waals surface area contributed by atoms with Gasteiger partial charge < -0.3 is 5.32 Å². The molecule has 0 radical (unpaired) electrons. The van der Waals surface area contributed by atoms with Gasteiger partial charge in [0.1, 0.15) is 0 Å². The smallest absolute Gasteiger partial charge is 0.240 e. The van der Waals surface area contributed by atoms with E-state index in [1.54, 1.807) is 19.1 Å². The van der Waals surface area contributed by atoms with Crippen molar-refractivity contribution in [3.05, 3.63) is 29.8 Å². The normalized spacial score (nSPS) is 13.4. The lowest BCUT2D eigenvalue weighted by molar-refractivity contribution is 0.506. The van der Waals surface area contributed by atoms with Gasteiger partial charge in [-0.1, -0.05) is 39.0 Å². The standard InChI is InChI=1S/C14H24N2O2S/c1-4-13(15-5-2)11-12-9-7-8-10-14(12)19(17,18)16-6-3/h7-10,13,15-16H,4-6,11H2,1-3H3. The third-order valence-corrected chi connectivity index (χ3v) is 4.69. The lowest BCUT2D eigenvalue weighted by Gasteiger charge is -2.18. The van der Waals surface area contributed by atoms with Crippen LogP contribution in [0.3, 0.4) is 0 Å². The molecule has 1 aromatic carbocycles. The maximum atomic E-state index is 12.1. The van der Waals surface area contributed by atoms with Crippen molar-refractivity contribution in [3.8, 4) is 0 Å². The summed E-state index contributed by atoms with van der Waals surface area (Å²) in [6.07, 6.45) is 1.70. The van der Waals surface area contributed by atoms with E-state index in [-0.39, 0.29) is 0 Å². The fourth-order valence-corrected chi connectivity index (χ4v) is 3.41. The summed E-state index contributed by atoms with van der Waals surface area (Å²) in [5.41, 5.74) is 0.872. The minimum Gasteiger partial charge on any atom is -0.314 e. The lowest BCUT2D eigenvalue weighted by Crippen LogP contribution is -2.31. The van der Waals surface area contributed by atoms with E-state index in [1.165, 1.54) is 0 Å². The van der Waals surface area contributed by atoms with Crippen LogP contribution in [0.5, 0.6) is 0 Å². The van der Waals surface area contributed by atoms with Crippen LogP contribution in [0.1, 0.15) is 32.8 Å². The molecule has 1 unspecified atom stereocenters. The van der Waals surface area contributed by atoms with Crippen molar-refractivity contribution < 1.29 is 8.42 Å². The lowest BCUT2D eigenvalue weighted by atomic mass is 10.0. The largest absolute Gasteiger partial charge is 0.314 e. The molecule has 5 heteroatoms. The van der Waals surface area contributed by atoms with Gasteiger partial charge in [-0.25, -0.2) is 13.1 Å². The Kier molecular flexibility index (Phi) is 6.48. The van der Waals surface area contributed by atoms with Crippen LogP contribution < -0.4 is 10.0 Å². The number of likely N-dealkylation sites (N-methyl/N-ethyl adjacent to an activating group) is 1. The number of hydrogen-bond donors (Lipinski definition) is 2. The molecule has 0 aliphatic heterocycles. The molecule has 4 nitrogen and oxygen atoms in total. The molecule has 1 atom stereocenters. The minimum atomic E-state index is -3.39. The predicted molar refractivity (Wildman–Crippen MR) is 78.8 cm³/mol. The zero-order chi connectivity index (χ0) is 14.3. The van der Waals surface area contributed by atoms with Crippen LogP contribution in [-0.4, -0.2) is 27.5 Å². The number of hydrogen-bond acceptors (Lipinski definition) is 3. The second-order valence-corrected chi connectivity index (χ2v) is 6.21. The van der Waals surface area contributed by atoms with Gasteiger partial charge in [0.25, 0.3) is 0 Å². The molecular formula is C14H24N2O2S. The third-order valence-electron chi connectivity index (χ3n) is 3.05. The van der Waals surface area contributed by atoms with Gasteiger partial charge in [-0.05, 0) is 31.0 Å². The fraction of sp³-hybridized carbons (Fsp3) is 0.571. The summed E-state index contributed by atoms with van der Waals surface area (Å²) in [5, 5.41) is 3.38. The summed E-state index contributed by atoms with van der Waals surface area (Å²) in [7, 11) is -3.39. The molecule has 0 saturated carbocycles. The van der Waals surface area contributed by atoms with Crippen molar-refractivity contribution in [2.45, 2.75) is 44.6 Å². The highest BCUT2D eigenvalue weighted by Gasteiger charge is 2.18. The molecule has 0 amide bonds. The van der Waals surface area contributed by atoms with E-state index < -0.39 is 10.0 Å². The zero-order valence-electron chi connectivity index (χ0n) is 11.9. The molecule has 0 aliphatic rings. The molecule has 1 rings (SSSR count). The van der Waals surface area contributed by atoms with Crippen LogP contribution in [0.4, 0.5) is 0 Å². The SMILES string of the molecule is CCNC(CC)Cc1ccccc1S(=O)(=O)NCC. The Balaban J connectivity index is 3.02. The topological polar surface area (TPSA) is 58.2 Å². The number of sulfonamides is 1. The van der Waals surface area contributed by atoms with E-state index in [9.17, 15) is 8.42 Å². The van der Waals surface area contributed by atoms with Gasteiger partial charge in [0.05, 0.1) is 4.90 Å². The summed E-state index contributed by atoms with van der Waals surface area (Å²) < 4.78 is 26.9. The van der Waals surface area contributed by atoms with E-state index in [2.05, 4.69) is 23.9 Å². The molecule has 0 heterocycles. The van der Waals surface area contributed by atoms with Crippen LogP contribution in [0, 0.1) is 0 Å². The summed E-state index contributed by atoms with van der Waals surface area (Å²) in [6, 6.07) is 7.53. The van der Waals surface area contributed by atoms with Crippen LogP contribution in [0.25, 0.3) is 0 Å². The Bertz CT molecular complexity index is 486. The molecule has 0 saturated heterocycles. The third kappa shape index (κ3) is 4.60. The van der Waals surface area contributed by atoms with Gasteiger partial charge >= 0.3 is 0 Å². The quantitative estimate of drug-likeness (QED) is 0.767. The molecule has 0 spiro atoms. The van der Waals surface area contributed by atoms with Crippen LogP contribution in [0.15, 0.2) is 29.2 Å². The van der Waals surface area contributed by atoms with Crippen molar-refractivity contribution >= 4 is 10.0 Å². The monoisotopic (exact) mass is 284 g/mol. The predicted octanol–water partition coefficient (Wildman–Crippen LogP) is 1.92. The summed E-state index contributed by atoms with van der Waals surface area (Å²) in [5.74, 6) is 0. The van der Waals surface area contributed by atoms with E-state index >= 15 is 0 Å². The van der Waals surface area contributed by atoms with E-state index in [0.29, 0.717) is 17.5 Å². The molecule has 0 fully saturated rings. The highest BCUT2D eigenvalue weighted by Crippen LogP contribution is 2.17. The molecule has 0 aromatic heterocycles. The summed E-state index contributed by atoms with van der Waals surface area (Å²) in [6.45, 7) is 7.24. The Morgan fingerprint density at radius 3 is 2.37 bits per heavy atom. The van der Waals surface area contributed by atoms with Crippen LogP contribution >= 0.6 is 0 Å². The Labute approximate surface area is 116 Å². The maximum absolute atomic E-state index is 12.1. The molecule has 0 bridgehead atoms. The average molecular weight is 284 g/mol. The number of benzene rings is 1. The summed E-state index contributed by atoms with van der Waals surface area (Å²) >= 11 is 0. The van der Waals surface area contributed by atoms with Gasteiger partial charge in [-0.2, -0.15) is 0 Å². The van der Waals surface area contributed by atoms with E-state index in [1.807, 2.05) is 12.1 Å². The van der Waals surface area contributed by atoms with E-state index in [0.717, 1.165) is 24.9 Å². The van der Waals surface area contributed by atoms with Crippen molar-refractivity contribution in [1.82, 2.24) is 10.0 Å². The van der Waals surface area contributed by atoms with Crippen molar-refractivity contribution in [1.29, 1.82) is 0 Å². The fourth-order valence-electron chi connectivity index (χ4n) is 2.12. The van der Waals surface area contributed by atoms with Crippen molar-refractivity contribution in [2.24, 2.45) is 0 Å². The second-order valence-electron chi connectivity index (χ2n) is 4.48. The molecule has 2 N–H and O–H groups in total. The van der Waals surface area contributed by atoms with Gasteiger partial charge in [0.2, 0.25) is 10.0 Å². The highest BCUT2D eigenvalue weighted by atomic mass is 32.2. The van der Waals surface area contributed by atoms with Crippen molar-refractivity contribution in [2.75, 3.05) is 13.1 Å². The van der Waals surface area contributed by atoms with Crippen LogP contribution in [0.2, 0.25) is 0 Å². The van der Waals surface area contributed by atoms with Gasteiger partial charge in [-0.15, -0.1) is 0 Å². The minimum absolute atomic E-state index is 0.308. The van der Waals surface area contributed by atoms with Crippen LogP contribution in [-0.2, 0) is 16.4 Å². The first-order valence-electron chi connectivity index (χ1n) is 6.86. The first kappa shape index (κ1) is 16.1. The number of rotatable bonds is 8. The first-order valence-corrected chi connectivity index (χ1v) is 8.34. The van der Waals surface area contributed by atoms with Gasteiger partial charge in [-0.3, -0.25) is 0 Å². The van der Waals surface area contributed by atoms with Gasteiger partial charge in [0.15, 0.2) is 0 Å². The highest BCUT2D eigenvalue weighted by molar-refractivity contribution is 7.89. The van der Waals surface area contributed by atoms with Gasteiger partial charge in [0, 0.05) is 12.6 Å². The Morgan fingerprint density at radius 2 is 1.79 bits per heavy atom. The van der Waals surface area contributed by atoms with Crippen molar-refractivity contribution in [3.63, 3.8) is 0 Å². The molecule has 19 heavy (non-hydrogen) atoms. The zero-order valence-corrected chi connectivity index (χ0v) is 12.8. The molecular weight excluding hydrogens is 260 g/mol. The maximum Gasteiger partial charge on any atom is 0.240 e. The number of nitrogens with one attached hydrogen (secondary N) is 2. The molecule has 1 aromatic rings. The Hall–Kier alpha value is -0.910. The first-order chi connectivity index (χ1) is 9.05. The van der Waals surface area contributed by atoms with E-state index in [4.69, 9.17) is 0 Å². The Morgan fingerprint density at radius 1 is 1.11 bits per heavy atom. The molecule has 0 aliphatic carbocycles.